The van der Waals surface area contributed by atoms with E-state index in [0.717, 1.165) is 134 Å². The number of hydrogen-bond donors (Lipinski definition) is 2. The van der Waals surface area contributed by atoms with Gasteiger partial charge in [0.2, 0.25) is 0 Å². The molecule has 0 saturated carbocycles. The molecule has 0 saturated heterocycles. The van der Waals surface area contributed by atoms with E-state index >= 15 is 0 Å². The predicted octanol–water partition coefficient (Wildman–Crippen LogP) is 23.5. The smallest absolute Gasteiger partial charge is 0.338 e. The highest BCUT2D eigenvalue weighted by Gasteiger charge is 2.16. The van der Waals surface area contributed by atoms with Gasteiger partial charge in [-0.05, 0) is 198 Å². The standard InChI is InChI=1S/C63H83N3O10.C42H57N3O9/c1-49(2)59(68)75-57-39-31-53(32-40-57)51-27-35-55(36-28-51)70-44-22-17-13-9-5-7-11-15-19-24-46-72-61-64-62(66-63(65-61)74-48-26-21-43-67)73-47-25-20-16-12-8-6-10-14-18-23-45-71-56-37-29-52(30-38-56)54-33-41-58(42-34-54)76-60(69)50(3)4;1-32(2)38(47)50-30-17-31-53-42-44-40(43-41(45-42)52-29-16-13-26-46)51-28-15-12-10-8-6-5-7-9-11-14-27-49-36-22-18-34(19-23-36)35-20-24-37(25-21-35)54-39(48)33(3)4/h27-42,67H,1,3,5-26,43-48H2,2,4H3;18-25,46H,1,3,5-17,26-31H2,2,4H3. The van der Waals surface area contributed by atoms with Gasteiger partial charge < -0.3 is 71.8 Å². The Morgan fingerprint density at radius 1 is 0.208 bits per heavy atom. The number of aliphatic hydroxyl groups is 2. The van der Waals surface area contributed by atoms with Crippen LogP contribution < -0.4 is 56.8 Å². The fraction of sp³-hybridized carbons (Fsp3) is 0.486. The number of carbonyl (C=O) groups excluding carboxylic acids is 4. The molecule has 8 rings (SSSR count). The van der Waals surface area contributed by atoms with Crippen molar-refractivity contribution in [1.29, 1.82) is 0 Å². The molecular weight excluding hydrogens is 1650 g/mol. The summed E-state index contributed by atoms with van der Waals surface area (Å²) in [6.45, 7) is 25.9. The number of nitrogens with zero attached hydrogens (tertiary/aromatic N) is 6. The number of ether oxygens (including phenoxy) is 13. The molecule has 2 N–H and O–H groups in total. The molecule has 0 fully saturated rings. The maximum absolute atomic E-state index is 11.8. The average Bonchev–Trinajstić information content (AvgIpc) is 0.855. The maximum Gasteiger partial charge on any atom is 0.338 e. The zero-order chi connectivity index (χ0) is 92.7. The number of hydrogen-bond acceptors (Lipinski definition) is 25. The van der Waals surface area contributed by atoms with Gasteiger partial charge in [-0.3, -0.25) is 0 Å². The quantitative estimate of drug-likeness (QED) is 0.0155. The van der Waals surface area contributed by atoms with Crippen molar-refractivity contribution < 1.29 is 91.0 Å². The molecule has 0 atom stereocenters. The fourth-order valence-corrected chi connectivity index (χ4v) is 13.2. The van der Waals surface area contributed by atoms with E-state index in [2.05, 4.69) is 56.2 Å². The van der Waals surface area contributed by atoms with Crippen molar-refractivity contribution in [3.05, 3.63) is 194 Å². The summed E-state index contributed by atoms with van der Waals surface area (Å²) in [7, 11) is 0. The van der Waals surface area contributed by atoms with Gasteiger partial charge in [-0.1, -0.05) is 253 Å². The van der Waals surface area contributed by atoms with E-state index in [0.29, 0.717) is 125 Å². The molecule has 130 heavy (non-hydrogen) atoms. The molecule has 0 amide bonds. The van der Waals surface area contributed by atoms with Gasteiger partial charge in [-0.15, -0.1) is 29.9 Å². The third kappa shape index (κ3) is 46.0. The Morgan fingerprint density at radius 3 is 0.554 bits per heavy atom. The first-order valence-electron chi connectivity index (χ1n) is 46.9. The van der Waals surface area contributed by atoms with E-state index in [9.17, 15) is 19.2 Å². The van der Waals surface area contributed by atoms with Crippen molar-refractivity contribution in [2.75, 3.05) is 79.3 Å². The van der Waals surface area contributed by atoms with Crippen molar-refractivity contribution in [2.24, 2.45) is 0 Å². The first-order chi connectivity index (χ1) is 63.4. The van der Waals surface area contributed by atoms with Crippen LogP contribution in [0.2, 0.25) is 0 Å². The molecule has 0 radical (unpaired) electrons. The summed E-state index contributed by atoms with van der Waals surface area (Å²) in [6.07, 6.45) is 37.6. The molecule has 8 aromatic rings. The Kier molecular flexibility index (Phi) is 52.6. The number of esters is 4. The fourth-order valence-electron chi connectivity index (χ4n) is 13.2. The average molecular weight is 1790 g/mol. The Balaban J connectivity index is 0.000000377. The summed E-state index contributed by atoms with van der Waals surface area (Å²) in [4.78, 5) is 72.6. The van der Waals surface area contributed by atoms with Crippen molar-refractivity contribution in [1.82, 2.24) is 29.9 Å². The number of aliphatic hydroxyl groups excluding tert-OH is 2. The largest absolute Gasteiger partial charge is 0.494 e. The number of rotatable bonds is 70. The van der Waals surface area contributed by atoms with E-state index in [1.807, 2.05) is 109 Å². The van der Waals surface area contributed by atoms with Gasteiger partial charge >= 0.3 is 59.9 Å². The predicted molar refractivity (Wildman–Crippen MR) is 508 cm³/mol. The van der Waals surface area contributed by atoms with Crippen LogP contribution in [-0.4, -0.2) is 143 Å². The lowest BCUT2D eigenvalue weighted by Crippen LogP contribution is -2.12. The molecule has 0 spiro atoms. The Labute approximate surface area is 770 Å². The minimum absolute atomic E-state index is 0.0768. The number of unbranched alkanes of at least 4 members (excludes halogenated alkanes) is 29. The van der Waals surface area contributed by atoms with Crippen molar-refractivity contribution in [3.63, 3.8) is 0 Å². The van der Waals surface area contributed by atoms with E-state index in [1.54, 1.807) is 64.1 Å². The third-order valence-electron chi connectivity index (χ3n) is 20.7. The summed E-state index contributed by atoms with van der Waals surface area (Å²) in [5.41, 5.74) is 7.76. The highest BCUT2D eigenvalue weighted by atomic mass is 16.6. The van der Waals surface area contributed by atoms with E-state index in [-0.39, 0.29) is 62.5 Å². The molecule has 0 bridgehead atoms. The summed E-state index contributed by atoms with van der Waals surface area (Å²) in [6, 6.07) is 47.5. The maximum atomic E-state index is 11.8. The normalized spacial score (nSPS) is 10.8. The summed E-state index contributed by atoms with van der Waals surface area (Å²) in [5, 5.41) is 18.2. The molecule has 6 aromatic carbocycles. The van der Waals surface area contributed by atoms with Crippen LogP contribution in [0.4, 0.5) is 0 Å². The van der Waals surface area contributed by atoms with Crippen LogP contribution >= 0.6 is 0 Å². The lowest BCUT2D eigenvalue weighted by atomic mass is 10.1. The first kappa shape index (κ1) is 105. The van der Waals surface area contributed by atoms with Crippen LogP contribution in [0.15, 0.2) is 194 Å². The Bertz CT molecular complexity index is 4390. The van der Waals surface area contributed by atoms with Crippen molar-refractivity contribution in [3.8, 4) is 104 Å². The second kappa shape index (κ2) is 64.9. The van der Waals surface area contributed by atoms with Crippen LogP contribution in [0.25, 0.3) is 33.4 Å². The molecule has 2 aromatic heterocycles. The summed E-state index contributed by atoms with van der Waals surface area (Å²) >= 11 is 0. The second-order valence-corrected chi connectivity index (χ2v) is 32.4. The van der Waals surface area contributed by atoms with Crippen molar-refractivity contribution >= 4 is 23.9 Å². The van der Waals surface area contributed by atoms with Crippen LogP contribution in [0.1, 0.15) is 252 Å². The summed E-state index contributed by atoms with van der Waals surface area (Å²) in [5.74, 6) is 2.37. The number of aromatic nitrogens is 6. The zero-order valence-electron chi connectivity index (χ0n) is 77.4. The van der Waals surface area contributed by atoms with E-state index in [1.165, 1.54) is 109 Å². The lowest BCUT2D eigenvalue weighted by Gasteiger charge is -2.10. The first-order valence-corrected chi connectivity index (χ1v) is 46.9. The number of benzene rings is 6. The van der Waals surface area contributed by atoms with Gasteiger partial charge in [0.1, 0.15) is 34.5 Å². The van der Waals surface area contributed by atoms with Gasteiger partial charge in [-0.25, -0.2) is 19.2 Å². The molecular formula is C105H140N6O19. The highest BCUT2D eigenvalue weighted by molar-refractivity contribution is 5.90. The van der Waals surface area contributed by atoms with Crippen molar-refractivity contribution in [2.45, 2.75) is 252 Å². The molecule has 2 heterocycles. The molecule has 0 aliphatic rings. The number of carbonyl (C=O) groups is 4. The molecule has 25 nitrogen and oxygen atoms in total. The van der Waals surface area contributed by atoms with E-state index < -0.39 is 23.9 Å². The Hall–Kier alpha value is -11.7. The highest BCUT2D eigenvalue weighted by Crippen LogP contribution is 2.31. The SMILES string of the molecule is C=C(C)C(=O)OCCCOc1nc(OCCCCO)nc(OCCCCCCCCCCCCOc2ccc(-c3ccc(OC(=O)C(=C)C)cc3)cc2)n1.C=C(C)C(=O)Oc1ccc(-c2ccc(OCCCCCCCCCCCCOc3nc(OCCCCO)nc(OCCCCCCCCCCCCOc4ccc(-c5ccc(OC(=O)C(=C)C)cc5)cc4)n3)cc2)cc1. The molecule has 0 aliphatic heterocycles. The molecule has 0 aliphatic carbocycles. The van der Waals surface area contributed by atoms with Gasteiger partial charge in [0.15, 0.2) is 0 Å². The minimum Gasteiger partial charge on any atom is -0.494 e. The summed E-state index contributed by atoms with van der Waals surface area (Å²) < 4.78 is 73.5. The van der Waals surface area contributed by atoms with Crippen LogP contribution in [-0.2, 0) is 23.9 Å². The van der Waals surface area contributed by atoms with Crippen LogP contribution in [0, 0.1) is 0 Å². The lowest BCUT2D eigenvalue weighted by molar-refractivity contribution is -0.139. The minimum atomic E-state index is -0.438. The monoisotopic (exact) mass is 1790 g/mol. The zero-order valence-corrected chi connectivity index (χ0v) is 77.4. The molecule has 704 valence electrons. The van der Waals surface area contributed by atoms with Crippen LogP contribution in [0.3, 0.4) is 0 Å². The molecule has 25 heteroatoms. The van der Waals surface area contributed by atoms with Gasteiger partial charge in [-0.2, -0.15) is 0 Å². The third-order valence-corrected chi connectivity index (χ3v) is 20.7. The molecule has 0 unspecified atom stereocenters. The van der Waals surface area contributed by atoms with Gasteiger partial charge in [0.05, 0.1) is 66.1 Å². The second-order valence-electron chi connectivity index (χ2n) is 32.4. The van der Waals surface area contributed by atoms with Gasteiger partial charge in [0, 0.05) is 41.9 Å². The van der Waals surface area contributed by atoms with Gasteiger partial charge in [0.25, 0.3) is 0 Å². The van der Waals surface area contributed by atoms with E-state index in [4.69, 9.17) is 71.8 Å². The van der Waals surface area contributed by atoms with Crippen LogP contribution in [0.5, 0.6) is 70.6 Å². The Morgan fingerprint density at radius 2 is 0.369 bits per heavy atom. The topological polar surface area (TPSA) is 306 Å².